The first-order valence-electron chi connectivity index (χ1n) is 6.99. The molecule has 110 valence electrons. The molecule has 1 aromatic carbocycles. The molecule has 3 atom stereocenters. The minimum absolute atomic E-state index is 0.110. The van der Waals surface area contributed by atoms with Gasteiger partial charge in [-0.15, -0.1) is 0 Å². The molecule has 1 aliphatic rings. The second-order valence-electron chi connectivity index (χ2n) is 5.53. The number of rotatable bonds is 3. The van der Waals surface area contributed by atoms with Crippen LogP contribution in [-0.2, 0) is 0 Å². The third-order valence-electron chi connectivity index (χ3n) is 3.97. The fraction of sp³-hybridized carbons (Fsp3) is 0.533. The number of carbonyl (C=O) groups excluding carboxylic acids is 1. The van der Waals surface area contributed by atoms with E-state index in [-0.39, 0.29) is 18.1 Å². The summed E-state index contributed by atoms with van der Waals surface area (Å²) in [5.74, 6) is 0.557. The summed E-state index contributed by atoms with van der Waals surface area (Å²) in [5.41, 5.74) is 0.939. The van der Waals surface area contributed by atoms with Crippen LogP contribution in [-0.4, -0.2) is 12.1 Å². The summed E-state index contributed by atoms with van der Waals surface area (Å²) in [7, 11) is 0. The highest BCUT2D eigenvalue weighted by Gasteiger charge is 2.25. The van der Waals surface area contributed by atoms with Crippen molar-refractivity contribution >= 4 is 29.2 Å². The molecule has 1 aliphatic carbocycles. The van der Waals surface area contributed by atoms with Gasteiger partial charge in [0.05, 0.1) is 16.1 Å². The highest BCUT2D eigenvalue weighted by molar-refractivity contribution is 6.42. The Morgan fingerprint density at radius 1 is 1.30 bits per heavy atom. The normalized spacial score (nSPS) is 23.4. The molecule has 20 heavy (non-hydrogen) atoms. The molecule has 0 bridgehead atoms. The SMILES string of the molecule is CC(NC(=O)NC1CCCC1C)c1ccc(Cl)c(Cl)c1. The molecule has 3 nitrogen and oxygen atoms in total. The van der Waals surface area contributed by atoms with Crippen LogP contribution in [0.25, 0.3) is 0 Å². The molecule has 1 fully saturated rings. The maximum atomic E-state index is 12.0. The summed E-state index contributed by atoms with van der Waals surface area (Å²) in [4.78, 5) is 12.0. The molecule has 2 N–H and O–H groups in total. The molecule has 0 aromatic heterocycles. The zero-order valence-electron chi connectivity index (χ0n) is 11.7. The van der Waals surface area contributed by atoms with Crippen LogP contribution in [0.15, 0.2) is 18.2 Å². The first kappa shape index (κ1) is 15.5. The standard InChI is InChI=1S/C15H20Cl2N2O/c1-9-4-3-5-14(9)19-15(20)18-10(2)11-6-7-12(16)13(17)8-11/h6-10,14H,3-5H2,1-2H3,(H2,18,19,20). The Kier molecular flexibility index (Phi) is 5.17. The van der Waals surface area contributed by atoms with Crippen molar-refractivity contribution in [2.24, 2.45) is 5.92 Å². The molecular weight excluding hydrogens is 295 g/mol. The molecule has 0 spiro atoms. The first-order chi connectivity index (χ1) is 9.47. The van der Waals surface area contributed by atoms with Gasteiger partial charge in [-0.1, -0.05) is 42.6 Å². The van der Waals surface area contributed by atoms with Gasteiger partial charge in [0.15, 0.2) is 0 Å². The van der Waals surface area contributed by atoms with E-state index in [2.05, 4.69) is 17.6 Å². The van der Waals surface area contributed by atoms with Crippen molar-refractivity contribution in [1.29, 1.82) is 0 Å². The van der Waals surface area contributed by atoms with E-state index < -0.39 is 0 Å². The molecule has 3 unspecified atom stereocenters. The molecule has 2 rings (SSSR count). The summed E-state index contributed by atoms with van der Waals surface area (Å²) < 4.78 is 0. The van der Waals surface area contributed by atoms with Gasteiger partial charge in [-0.25, -0.2) is 4.79 Å². The lowest BCUT2D eigenvalue weighted by molar-refractivity contribution is 0.231. The average Bonchev–Trinajstić information content (AvgIpc) is 2.78. The Morgan fingerprint density at radius 3 is 2.65 bits per heavy atom. The van der Waals surface area contributed by atoms with Crippen molar-refractivity contribution in [2.75, 3.05) is 0 Å². The van der Waals surface area contributed by atoms with E-state index in [1.165, 1.54) is 12.8 Å². The van der Waals surface area contributed by atoms with Crippen LogP contribution in [0.3, 0.4) is 0 Å². The van der Waals surface area contributed by atoms with Crippen LogP contribution >= 0.6 is 23.2 Å². The number of carbonyl (C=O) groups is 1. The molecule has 0 heterocycles. The number of nitrogens with one attached hydrogen (secondary N) is 2. The lowest BCUT2D eigenvalue weighted by Gasteiger charge is -2.20. The quantitative estimate of drug-likeness (QED) is 0.844. The van der Waals surface area contributed by atoms with E-state index in [1.54, 1.807) is 12.1 Å². The van der Waals surface area contributed by atoms with Gasteiger partial charge in [0.25, 0.3) is 0 Å². The van der Waals surface area contributed by atoms with E-state index in [4.69, 9.17) is 23.2 Å². The van der Waals surface area contributed by atoms with E-state index in [0.29, 0.717) is 16.0 Å². The third kappa shape index (κ3) is 3.80. The Morgan fingerprint density at radius 2 is 2.05 bits per heavy atom. The number of benzene rings is 1. The van der Waals surface area contributed by atoms with E-state index in [9.17, 15) is 4.79 Å². The Hall–Kier alpha value is -0.930. The number of amides is 2. The van der Waals surface area contributed by atoms with Crippen LogP contribution in [0.1, 0.15) is 44.7 Å². The largest absolute Gasteiger partial charge is 0.335 e. The average molecular weight is 315 g/mol. The van der Waals surface area contributed by atoms with Crippen LogP contribution in [0, 0.1) is 5.92 Å². The zero-order chi connectivity index (χ0) is 14.7. The molecule has 1 aromatic rings. The van der Waals surface area contributed by atoms with E-state index in [0.717, 1.165) is 12.0 Å². The minimum Gasteiger partial charge on any atom is -0.335 e. The summed E-state index contributed by atoms with van der Waals surface area (Å²) in [6.07, 6.45) is 3.44. The number of urea groups is 1. The Balaban J connectivity index is 1.91. The lowest BCUT2D eigenvalue weighted by Crippen LogP contribution is -2.43. The van der Waals surface area contributed by atoms with Crippen molar-refractivity contribution in [3.63, 3.8) is 0 Å². The molecule has 0 aliphatic heterocycles. The van der Waals surface area contributed by atoms with Gasteiger partial charge in [-0.05, 0) is 43.4 Å². The van der Waals surface area contributed by atoms with Gasteiger partial charge in [-0.3, -0.25) is 0 Å². The summed E-state index contributed by atoms with van der Waals surface area (Å²) in [5, 5.41) is 7.01. The molecular formula is C15H20Cl2N2O. The van der Waals surface area contributed by atoms with Crippen molar-refractivity contribution in [3.05, 3.63) is 33.8 Å². The topological polar surface area (TPSA) is 41.1 Å². The zero-order valence-corrected chi connectivity index (χ0v) is 13.3. The molecule has 0 saturated heterocycles. The van der Waals surface area contributed by atoms with Crippen molar-refractivity contribution in [3.8, 4) is 0 Å². The Labute approximate surface area is 130 Å². The molecule has 2 amide bonds. The van der Waals surface area contributed by atoms with Crippen LogP contribution < -0.4 is 10.6 Å². The summed E-state index contributed by atoms with van der Waals surface area (Å²) in [6.45, 7) is 4.11. The van der Waals surface area contributed by atoms with Gasteiger partial charge in [0.2, 0.25) is 0 Å². The maximum absolute atomic E-state index is 12.0. The van der Waals surface area contributed by atoms with Crippen LogP contribution in [0.4, 0.5) is 4.79 Å². The Bertz CT molecular complexity index is 493. The smallest absolute Gasteiger partial charge is 0.315 e. The second-order valence-corrected chi connectivity index (χ2v) is 6.34. The molecule has 5 heteroatoms. The summed E-state index contributed by atoms with van der Waals surface area (Å²) >= 11 is 11.9. The van der Waals surface area contributed by atoms with Crippen LogP contribution in [0.2, 0.25) is 10.0 Å². The van der Waals surface area contributed by atoms with E-state index >= 15 is 0 Å². The lowest BCUT2D eigenvalue weighted by atomic mass is 10.1. The fourth-order valence-electron chi connectivity index (χ4n) is 2.63. The molecule has 1 saturated carbocycles. The van der Waals surface area contributed by atoms with Gasteiger partial charge in [-0.2, -0.15) is 0 Å². The van der Waals surface area contributed by atoms with Crippen LogP contribution in [0.5, 0.6) is 0 Å². The van der Waals surface area contributed by atoms with Gasteiger partial charge in [0.1, 0.15) is 0 Å². The van der Waals surface area contributed by atoms with Gasteiger partial charge >= 0.3 is 6.03 Å². The second kappa shape index (κ2) is 6.68. The predicted molar refractivity (Wildman–Crippen MR) is 83.3 cm³/mol. The van der Waals surface area contributed by atoms with E-state index in [1.807, 2.05) is 13.0 Å². The maximum Gasteiger partial charge on any atom is 0.315 e. The van der Waals surface area contributed by atoms with Crippen molar-refractivity contribution in [2.45, 2.75) is 45.2 Å². The van der Waals surface area contributed by atoms with Gasteiger partial charge in [0, 0.05) is 6.04 Å². The molecule has 0 radical (unpaired) electrons. The number of hydrogen-bond donors (Lipinski definition) is 2. The van der Waals surface area contributed by atoms with Crippen molar-refractivity contribution < 1.29 is 4.79 Å². The monoisotopic (exact) mass is 314 g/mol. The van der Waals surface area contributed by atoms with Crippen molar-refractivity contribution in [1.82, 2.24) is 10.6 Å². The fourth-order valence-corrected chi connectivity index (χ4v) is 2.94. The minimum atomic E-state index is -0.123. The number of hydrogen-bond acceptors (Lipinski definition) is 1. The highest BCUT2D eigenvalue weighted by atomic mass is 35.5. The highest BCUT2D eigenvalue weighted by Crippen LogP contribution is 2.26. The number of halogens is 2. The van der Waals surface area contributed by atoms with Gasteiger partial charge < -0.3 is 10.6 Å². The summed E-state index contributed by atoms with van der Waals surface area (Å²) in [6, 6.07) is 5.46. The third-order valence-corrected chi connectivity index (χ3v) is 4.71. The first-order valence-corrected chi connectivity index (χ1v) is 7.75. The predicted octanol–water partition coefficient (Wildman–Crippen LogP) is 4.54.